The minimum atomic E-state index is -1.06. The molecule has 5 rings (SSSR count). The second kappa shape index (κ2) is 15.3. The maximum atomic E-state index is 13.6. The van der Waals surface area contributed by atoms with E-state index in [4.69, 9.17) is 4.74 Å². The molecule has 0 saturated carbocycles. The lowest BCUT2D eigenvalue weighted by atomic mass is 10.1. The molecule has 1 aromatic carbocycles. The first-order valence-electron chi connectivity index (χ1n) is 16.3. The van der Waals surface area contributed by atoms with Gasteiger partial charge in [-0.3, -0.25) is 24.0 Å². The van der Waals surface area contributed by atoms with Crippen molar-refractivity contribution in [3.63, 3.8) is 0 Å². The van der Waals surface area contributed by atoms with Crippen LogP contribution < -0.4 is 10.6 Å². The van der Waals surface area contributed by atoms with Crippen LogP contribution in [-0.2, 0) is 40.1 Å². The third-order valence-electron chi connectivity index (χ3n) is 9.39. The van der Waals surface area contributed by atoms with E-state index in [-0.39, 0.29) is 31.5 Å². The van der Waals surface area contributed by atoms with Crippen LogP contribution >= 0.6 is 0 Å². The summed E-state index contributed by atoms with van der Waals surface area (Å²) in [7, 11) is 0. The Morgan fingerprint density at radius 2 is 1.11 bits per heavy atom. The number of carbonyl (C=O) groups is 7. The van der Waals surface area contributed by atoms with Crippen molar-refractivity contribution in [2.45, 2.75) is 82.1 Å². The Morgan fingerprint density at radius 3 is 1.66 bits per heavy atom. The first-order valence-corrected chi connectivity index (χ1v) is 16.3. The zero-order valence-corrected chi connectivity index (χ0v) is 26.3. The van der Waals surface area contributed by atoms with Gasteiger partial charge in [0.05, 0.1) is 6.54 Å². The Morgan fingerprint density at radius 1 is 0.638 bits per heavy atom. The number of amides is 6. The van der Waals surface area contributed by atoms with Gasteiger partial charge < -0.3 is 40.1 Å². The van der Waals surface area contributed by atoms with Gasteiger partial charge in [0.15, 0.2) is 0 Å². The van der Waals surface area contributed by atoms with E-state index in [1.54, 1.807) is 0 Å². The van der Waals surface area contributed by atoms with Crippen LogP contribution in [0.3, 0.4) is 0 Å². The van der Waals surface area contributed by atoms with Gasteiger partial charge in [0.25, 0.3) is 0 Å². The molecular formula is C32H42N6O9. The number of hydrogen-bond acceptors (Lipinski definition) is 8. The maximum absolute atomic E-state index is 13.6. The van der Waals surface area contributed by atoms with Crippen LogP contribution in [0.4, 0.5) is 4.79 Å². The average Bonchev–Trinajstić information content (AvgIpc) is 3.91. The highest BCUT2D eigenvalue weighted by Gasteiger charge is 2.44. The number of nitrogens with zero attached hydrogens (tertiary/aromatic N) is 4. The maximum Gasteiger partial charge on any atom is 0.407 e. The van der Waals surface area contributed by atoms with E-state index < -0.39 is 54.0 Å². The van der Waals surface area contributed by atoms with E-state index >= 15 is 0 Å². The zero-order chi connectivity index (χ0) is 33.5. The molecule has 0 aromatic heterocycles. The van der Waals surface area contributed by atoms with Crippen LogP contribution in [0.5, 0.6) is 0 Å². The molecule has 0 aliphatic carbocycles. The predicted octanol–water partition coefficient (Wildman–Crippen LogP) is 0.0776. The van der Waals surface area contributed by atoms with E-state index in [2.05, 4.69) is 10.6 Å². The molecule has 4 aliphatic heterocycles. The second-order valence-electron chi connectivity index (χ2n) is 12.3. The van der Waals surface area contributed by atoms with E-state index in [1.807, 2.05) is 30.3 Å². The zero-order valence-electron chi connectivity index (χ0n) is 26.3. The fourth-order valence-electron chi connectivity index (χ4n) is 7.02. The summed E-state index contributed by atoms with van der Waals surface area (Å²) in [5, 5.41) is 14.6. The molecule has 1 aromatic rings. The number of carboxylic acids is 1. The van der Waals surface area contributed by atoms with Gasteiger partial charge in [0.1, 0.15) is 37.3 Å². The molecule has 254 valence electrons. The lowest BCUT2D eigenvalue weighted by molar-refractivity contribution is -0.151. The summed E-state index contributed by atoms with van der Waals surface area (Å²) < 4.78 is 5.16. The van der Waals surface area contributed by atoms with Gasteiger partial charge in [-0.1, -0.05) is 30.3 Å². The monoisotopic (exact) mass is 654 g/mol. The Hall–Kier alpha value is -4.69. The number of hydrogen-bond donors (Lipinski definition) is 3. The molecule has 47 heavy (non-hydrogen) atoms. The first kappa shape index (κ1) is 33.7. The number of benzene rings is 1. The van der Waals surface area contributed by atoms with E-state index in [0.29, 0.717) is 77.5 Å². The number of carboxylic acid groups (broad SMARTS) is 1. The van der Waals surface area contributed by atoms with E-state index in [0.717, 1.165) is 5.56 Å². The second-order valence-corrected chi connectivity index (χ2v) is 12.3. The van der Waals surface area contributed by atoms with E-state index in [1.165, 1.54) is 19.6 Å². The molecule has 4 saturated heterocycles. The van der Waals surface area contributed by atoms with Gasteiger partial charge >= 0.3 is 12.1 Å². The molecule has 0 spiro atoms. The molecule has 0 radical (unpaired) electrons. The van der Waals surface area contributed by atoms with Gasteiger partial charge in [-0.15, -0.1) is 0 Å². The molecule has 4 aliphatic rings. The summed E-state index contributed by atoms with van der Waals surface area (Å²) in [4.78, 5) is 95.5. The Bertz CT molecular complexity index is 1370. The third kappa shape index (κ3) is 7.83. The summed E-state index contributed by atoms with van der Waals surface area (Å²) in [5.41, 5.74) is 0.802. The number of nitrogens with one attached hydrogen (secondary N) is 2. The quantitative estimate of drug-likeness (QED) is 0.314. The van der Waals surface area contributed by atoms with Crippen molar-refractivity contribution in [3.05, 3.63) is 35.9 Å². The molecular weight excluding hydrogens is 612 g/mol. The minimum Gasteiger partial charge on any atom is -0.480 e. The molecule has 0 bridgehead atoms. The Kier molecular flexibility index (Phi) is 10.9. The normalized spacial score (nSPS) is 23.9. The van der Waals surface area contributed by atoms with Gasteiger partial charge in [-0.25, -0.2) is 9.59 Å². The van der Waals surface area contributed by atoms with Crippen molar-refractivity contribution in [1.82, 2.24) is 30.2 Å². The number of likely N-dealkylation sites (tertiary alicyclic amines) is 4. The highest BCUT2D eigenvalue weighted by molar-refractivity contribution is 5.96. The molecule has 15 nitrogen and oxygen atoms in total. The molecule has 3 N–H and O–H groups in total. The van der Waals surface area contributed by atoms with E-state index in [9.17, 15) is 38.7 Å². The summed E-state index contributed by atoms with van der Waals surface area (Å²) in [6, 6.07) is 5.87. The lowest BCUT2D eigenvalue weighted by Gasteiger charge is -2.31. The van der Waals surface area contributed by atoms with Crippen LogP contribution in [0.2, 0.25) is 0 Å². The van der Waals surface area contributed by atoms with Gasteiger partial charge in [-0.05, 0) is 56.9 Å². The number of alkyl carbamates (subject to hydrolysis) is 1. The average molecular weight is 655 g/mol. The summed E-state index contributed by atoms with van der Waals surface area (Å²) in [5.74, 6) is -3.16. The van der Waals surface area contributed by atoms with Gasteiger partial charge in [0.2, 0.25) is 29.5 Å². The highest BCUT2D eigenvalue weighted by Crippen LogP contribution is 2.27. The standard InChI is InChI=1S/C32H42N6O9/c39-26(35-14-6-12-24(35)30(43)38-17-7-13-25(38)31(44)45)18-33-28(41)22-10-4-16-37(22)29(42)23-11-5-15-36(23)27(40)19-34-32(46)47-20-21-8-2-1-3-9-21/h1-3,8-9,22-25H,4-7,10-20H2,(H,33,41)(H,34,46)(H,44,45)/t22-,23-,24-,25+/m1/s1. The van der Waals surface area contributed by atoms with Crippen molar-refractivity contribution in [3.8, 4) is 0 Å². The topological polar surface area (TPSA) is 186 Å². The lowest BCUT2D eigenvalue weighted by Crippen LogP contribution is -2.55. The smallest absolute Gasteiger partial charge is 0.407 e. The number of rotatable bonds is 10. The molecule has 4 atom stereocenters. The summed E-state index contributed by atoms with van der Waals surface area (Å²) >= 11 is 0. The van der Waals surface area contributed by atoms with Crippen LogP contribution in [-0.4, -0.2) is 130 Å². The van der Waals surface area contributed by atoms with Crippen molar-refractivity contribution in [1.29, 1.82) is 0 Å². The van der Waals surface area contributed by atoms with Crippen LogP contribution in [0.25, 0.3) is 0 Å². The van der Waals surface area contributed by atoms with Crippen LogP contribution in [0.15, 0.2) is 30.3 Å². The van der Waals surface area contributed by atoms with Gasteiger partial charge in [0, 0.05) is 26.2 Å². The third-order valence-corrected chi connectivity index (χ3v) is 9.39. The van der Waals surface area contributed by atoms with Crippen molar-refractivity contribution < 1.29 is 43.4 Å². The molecule has 15 heteroatoms. The summed E-state index contributed by atoms with van der Waals surface area (Å²) in [6.07, 6.45) is 3.23. The van der Waals surface area contributed by atoms with Crippen molar-refractivity contribution in [2.24, 2.45) is 0 Å². The molecule has 4 heterocycles. The summed E-state index contributed by atoms with van der Waals surface area (Å²) in [6.45, 7) is 0.695. The van der Waals surface area contributed by atoms with Crippen LogP contribution in [0, 0.1) is 0 Å². The SMILES string of the molecule is O=C(NCC(=O)N1CCC[C@@H]1C(=O)N1CCC[C@@H]1C(=O)NCC(=O)N1CCC[C@@H]1C(=O)N1CCC[C@H]1C(=O)O)OCc1ccccc1. The Balaban J connectivity index is 1.10. The number of ether oxygens (including phenoxy) is 1. The molecule has 6 amide bonds. The van der Waals surface area contributed by atoms with Crippen LogP contribution in [0.1, 0.15) is 56.9 Å². The fourth-order valence-corrected chi connectivity index (χ4v) is 7.02. The Labute approximate surface area is 272 Å². The van der Waals surface area contributed by atoms with Crippen molar-refractivity contribution >= 4 is 41.6 Å². The number of aliphatic carboxylic acids is 1. The first-order chi connectivity index (χ1) is 22.7. The molecule has 4 fully saturated rings. The fraction of sp³-hybridized carbons (Fsp3) is 0.594. The minimum absolute atomic E-state index is 0.0538. The van der Waals surface area contributed by atoms with Gasteiger partial charge in [-0.2, -0.15) is 0 Å². The van der Waals surface area contributed by atoms with Crippen molar-refractivity contribution in [2.75, 3.05) is 39.3 Å². The largest absolute Gasteiger partial charge is 0.480 e. The highest BCUT2D eigenvalue weighted by atomic mass is 16.5. The predicted molar refractivity (Wildman–Crippen MR) is 164 cm³/mol. The molecule has 0 unspecified atom stereocenters. The number of carbonyl (C=O) groups excluding carboxylic acids is 6.